The van der Waals surface area contributed by atoms with Crippen LogP contribution in [0, 0.1) is 0 Å². The number of anilines is 2. The topological polar surface area (TPSA) is 49.8 Å². The molecule has 8 heteroatoms. The van der Waals surface area contributed by atoms with Gasteiger partial charge in [0.25, 0.3) is 0 Å². The Hall–Kier alpha value is -0.560. The molecular weight excluding hydrogens is 287 g/mol. The molecule has 0 aliphatic heterocycles. The van der Waals surface area contributed by atoms with Gasteiger partial charge >= 0.3 is 0 Å². The second kappa shape index (κ2) is 7.67. The second-order valence-corrected chi connectivity index (χ2v) is 4.58. The minimum absolute atomic E-state index is 0. The van der Waals surface area contributed by atoms with Crippen molar-refractivity contribution in [1.82, 2.24) is 9.97 Å². The highest BCUT2D eigenvalue weighted by atomic mass is 35.5. The molecule has 2 aromatic rings. The molecule has 2 N–H and O–H groups in total. The van der Waals surface area contributed by atoms with Crippen molar-refractivity contribution in [2.24, 2.45) is 0 Å². The summed E-state index contributed by atoms with van der Waals surface area (Å²) in [4.78, 5) is 9.52. The lowest BCUT2D eigenvalue weighted by Gasteiger charge is -1.97. The molecule has 2 rings (SSSR count). The average molecular weight is 299 g/mol. The number of aromatic nitrogens is 2. The van der Waals surface area contributed by atoms with Crippen LogP contribution in [0.5, 0.6) is 0 Å². The predicted molar refractivity (Wildman–Crippen MR) is 75.6 cm³/mol. The number of thiazole rings is 2. The van der Waals surface area contributed by atoms with Gasteiger partial charge in [0.2, 0.25) is 0 Å². The van der Waals surface area contributed by atoms with Crippen molar-refractivity contribution in [3.63, 3.8) is 0 Å². The van der Waals surface area contributed by atoms with Gasteiger partial charge in [-0.05, 0) is 0 Å². The zero-order chi connectivity index (χ0) is 9.80. The third kappa shape index (κ3) is 4.13. The fraction of sp³-hybridized carbons (Fsp3) is 0.250. The molecule has 0 unspecified atom stereocenters. The summed E-state index contributed by atoms with van der Waals surface area (Å²) in [5.41, 5.74) is 0. The van der Waals surface area contributed by atoms with E-state index in [0.717, 1.165) is 16.8 Å². The average Bonchev–Trinajstić information content (AvgIpc) is 2.86. The molecule has 2 aromatic heterocycles. The van der Waals surface area contributed by atoms with Crippen LogP contribution in [0.1, 0.15) is 4.88 Å². The first-order valence-corrected chi connectivity index (χ1v) is 5.84. The van der Waals surface area contributed by atoms with Gasteiger partial charge in [-0.15, -0.1) is 47.5 Å². The highest BCUT2D eigenvalue weighted by molar-refractivity contribution is 7.15. The summed E-state index contributed by atoms with van der Waals surface area (Å²) in [7, 11) is 1.87. The minimum Gasteiger partial charge on any atom is -0.365 e. The Morgan fingerprint density at radius 1 is 1.25 bits per heavy atom. The lowest BCUT2D eigenvalue weighted by atomic mass is 10.5. The molecule has 2 heterocycles. The van der Waals surface area contributed by atoms with E-state index in [0.29, 0.717) is 0 Å². The van der Waals surface area contributed by atoms with Crippen molar-refractivity contribution < 1.29 is 0 Å². The van der Waals surface area contributed by atoms with Gasteiger partial charge in [-0.2, -0.15) is 0 Å². The van der Waals surface area contributed by atoms with E-state index >= 15 is 0 Å². The van der Waals surface area contributed by atoms with Gasteiger partial charge in [0.15, 0.2) is 10.3 Å². The molecule has 0 amide bonds. The minimum atomic E-state index is 0. The first-order valence-electron chi connectivity index (χ1n) is 4.14. The Morgan fingerprint density at radius 2 is 2.06 bits per heavy atom. The number of nitrogens with one attached hydrogen (secondary N) is 2. The van der Waals surface area contributed by atoms with E-state index in [4.69, 9.17) is 0 Å². The van der Waals surface area contributed by atoms with Crippen molar-refractivity contribution in [2.45, 2.75) is 6.54 Å². The maximum Gasteiger partial charge on any atom is 0.182 e. The van der Waals surface area contributed by atoms with Crippen LogP contribution in [-0.2, 0) is 6.54 Å². The third-order valence-corrected chi connectivity index (χ3v) is 3.36. The number of hydrogen-bond donors (Lipinski definition) is 2. The van der Waals surface area contributed by atoms with Gasteiger partial charge in [0.1, 0.15) is 0 Å². The summed E-state index contributed by atoms with van der Waals surface area (Å²) in [6.07, 6.45) is 3.66. The molecule has 0 bridgehead atoms. The van der Waals surface area contributed by atoms with Crippen LogP contribution in [0.2, 0.25) is 0 Å². The van der Waals surface area contributed by atoms with E-state index in [1.165, 1.54) is 4.88 Å². The molecule has 0 aromatic carbocycles. The molecule has 0 saturated carbocycles. The molecular formula is C8H12Cl2N4S2. The quantitative estimate of drug-likeness (QED) is 0.911. The predicted octanol–water partition coefficient (Wildman–Crippen LogP) is 3.10. The maximum atomic E-state index is 4.19. The van der Waals surface area contributed by atoms with E-state index in [1.54, 1.807) is 28.9 Å². The Balaban J connectivity index is 0.00000112. The molecule has 0 fully saturated rings. The zero-order valence-electron chi connectivity index (χ0n) is 8.47. The monoisotopic (exact) mass is 298 g/mol. The van der Waals surface area contributed by atoms with Crippen molar-refractivity contribution in [1.29, 1.82) is 0 Å². The van der Waals surface area contributed by atoms with Gasteiger partial charge in [-0.25, -0.2) is 9.97 Å². The van der Waals surface area contributed by atoms with Gasteiger partial charge in [-0.3, -0.25) is 0 Å². The fourth-order valence-corrected chi connectivity index (χ4v) is 2.21. The summed E-state index contributed by atoms with van der Waals surface area (Å²) in [5.74, 6) is 0. The molecule has 0 atom stereocenters. The van der Waals surface area contributed by atoms with E-state index < -0.39 is 0 Å². The SMILES string of the molecule is CNc1ncc(CNc2nccs2)s1.Cl.Cl. The van der Waals surface area contributed by atoms with Crippen LogP contribution < -0.4 is 10.6 Å². The van der Waals surface area contributed by atoms with Crippen molar-refractivity contribution in [3.8, 4) is 0 Å². The highest BCUT2D eigenvalue weighted by Crippen LogP contribution is 2.19. The summed E-state index contributed by atoms with van der Waals surface area (Å²) in [6, 6.07) is 0. The van der Waals surface area contributed by atoms with Crippen LogP contribution in [0.25, 0.3) is 0 Å². The number of halogens is 2. The molecule has 90 valence electrons. The highest BCUT2D eigenvalue weighted by Gasteiger charge is 2.00. The van der Waals surface area contributed by atoms with Gasteiger partial charge < -0.3 is 10.6 Å². The van der Waals surface area contributed by atoms with E-state index in [1.807, 2.05) is 18.6 Å². The summed E-state index contributed by atoms with van der Waals surface area (Å²) in [6.45, 7) is 0.785. The maximum absolute atomic E-state index is 4.19. The summed E-state index contributed by atoms with van der Waals surface area (Å²) in [5, 5.41) is 10.1. The summed E-state index contributed by atoms with van der Waals surface area (Å²) >= 11 is 3.25. The Kier molecular flexibility index (Phi) is 7.40. The fourth-order valence-electron chi connectivity index (χ4n) is 0.978. The number of rotatable bonds is 4. The Labute approximate surface area is 114 Å². The standard InChI is InChI=1S/C8H10N4S2.2ClH/c1-9-7-11-4-6(14-7)5-12-8-10-2-3-13-8;;/h2-4H,5H2,1H3,(H,9,11)(H,10,12);2*1H. The molecule has 16 heavy (non-hydrogen) atoms. The first kappa shape index (κ1) is 15.4. The number of nitrogens with zero attached hydrogens (tertiary/aromatic N) is 2. The largest absolute Gasteiger partial charge is 0.365 e. The second-order valence-electron chi connectivity index (χ2n) is 2.57. The van der Waals surface area contributed by atoms with E-state index in [-0.39, 0.29) is 24.8 Å². The van der Waals surface area contributed by atoms with Gasteiger partial charge in [0.05, 0.1) is 6.54 Å². The van der Waals surface area contributed by atoms with Crippen LogP contribution in [0.15, 0.2) is 17.8 Å². The Morgan fingerprint density at radius 3 is 2.62 bits per heavy atom. The number of hydrogen-bond acceptors (Lipinski definition) is 6. The zero-order valence-corrected chi connectivity index (χ0v) is 11.7. The van der Waals surface area contributed by atoms with Crippen LogP contribution >= 0.6 is 47.5 Å². The molecule has 0 spiro atoms. The van der Waals surface area contributed by atoms with Crippen molar-refractivity contribution >= 4 is 57.8 Å². The van der Waals surface area contributed by atoms with Crippen molar-refractivity contribution in [2.75, 3.05) is 17.7 Å². The normalized spacial score (nSPS) is 8.81. The lowest BCUT2D eigenvalue weighted by Crippen LogP contribution is -1.95. The molecule has 0 saturated heterocycles. The Bertz CT molecular complexity index is 390. The molecule has 0 aliphatic carbocycles. The van der Waals surface area contributed by atoms with E-state index in [9.17, 15) is 0 Å². The van der Waals surface area contributed by atoms with Crippen LogP contribution in [0.3, 0.4) is 0 Å². The first-order chi connectivity index (χ1) is 6.88. The van der Waals surface area contributed by atoms with Crippen LogP contribution in [-0.4, -0.2) is 17.0 Å². The van der Waals surface area contributed by atoms with E-state index in [2.05, 4.69) is 20.6 Å². The molecule has 0 aliphatic rings. The van der Waals surface area contributed by atoms with Crippen molar-refractivity contribution in [3.05, 3.63) is 22.7 Å². The smallest absolute Gasteiger partial charge is 0.182 e. The van der Waals surface area contributed by atoms with Gasteiger partial charge in [0, 0.05) is 29.7 Å². The van der Waals surface area contributed by atoms with Crippen LogP contribution in [0.4, 0.5) is 10.3 Å². The van der Waals surface area contributed by atoms with Gasteiger partial charge in [-0.1, -0.05) is 0 Å². The lowest BCUT2D eigenvalue weighted by molar-refractivity contribution is 1.16. The molecule has 0 radical (unpaired) electrons. The molecule has 4 nitrogen and oxygen atoms in total. The third-order valence-electron chi connectivity index (χ3n) is 1.61. The summed E-state index contributed by atoms with van der Waals surface area (Å²) < 4.78 is 0.